The van der Waals surface area contributed by atoms with Crippen LogP contribution in [0.4, 0.5) is 0 Å². The molecule has 2 aliphatic heterocycles. The fourth-order valence-electron chi connectivity index (χ4n) is 3.69. The summed E-state index contributed by atoms with van der Waals surface area (Å²) in [5, 5.41) is 13.7. The van der Waals surface area contributed by atoms with Crippen LogP contribution in [0.25, 0.3) is 0 Å². The number of carbonyl (C=O) groups is 1. The van der Waals surface area contributed by atoms with Gasteiger partial charge in [-0.2, -0.15) is 0 Å². The van der Waals surface area contributed by atoms with Crippen LogP contribution in [0.5, 0.6) is 0 Å². The second-order valence-corrected chi connectivity index (χ2v) is 7.30. The Kier molecular flexibility index (Phi) is 3.13. The molecule has 0 spiro atoms. The molecule has 19 heavy (non-hydrogen) atoms. The molecule has 3 rings (SSSR count). The van der Waals surface area contributed by atoms with E-state index in [2.05, 4.69) is 19.2 Å². The average Bonchev–Trinajstić information content (AvgIpc) is 3.19. The summed E-state index contributed by atoms with van der Waals surface area (Å²) in [6, 6.07) is 0. The predicted molar refractivity (Wildman–Crippen MR) is 73.6 cm³/mol. The van der Waals surface area contributed by atoms with E-state index >= 15 is 0 Å². The first kappa shape index (κ1) is 13.4. The van der Waals surface area contributed by atoms with Gasteiger partial charge in [-0.15, -0.1) is 0 Å². The summed E-state index contributed by atoms with van der Waals surface area (Å²) >= 11 is 0. The van der Waals surface area contributed by atoms with Crippen molar-refractivity contribution >= 4 is 5.91 Å². The van der Waals surface area contributed by atoms with Crippen LogP contribution in [0.3, 0.4) is 0 Å². The minimum atomic E-state index is -0.559. The number of rotatable bonds is 3. The molecule has 2 saturated heterocycles. The Morgan fingerprint density at radius 3 is 2.53 bits per heavy atom. The molecular formula is C15H26N2O2. The van der Waals surface area contributed by atoms with Gasteiger partial charge in [0.2, 0.25) is 5.91 Å². The summed E-state index contributed by atoms with van der Waals surface area (Å²) in [6.45, 7) is 7.27. The highest BCUT2D eigenvalue weighted by Gasteiger charge is 2.55. The van der Waals surface area contributed by atoms with Crippen molar-refractivity contribution in [2.24, 2.45) is 17.3 Å². The van der Waals surface area contributed by atoms with Crippen molar-refractivity contribution in [1.82, 2.24) is 10.2 Å². The number of piperidine rings is 1. The molecule has 2 N–H and O–H groups in total. The van der Waals surface area contributed by atoms with Crippen molar-refractivity contribution in [1.29, 1.82) is 0 Å². The maximum Gasteiger partial charge on any atom is 0.228 e. The van der Waals surface area contributed by atoms with Crippen molar-refractivity contribution in [2.45, 2.75) is 45.1 Å². The highest BCUT2D eigenvalue weighted by molar-refractivity contribution is 5.83. The number of β-amino-alcohol motifs (C(OH)–C–C–N with tert-alkyl or cyclic N) is 1. The zero-order chi connectivity index (χ0) is 13.7. The number of likely N-dealkylation sites (tertiary alicyclic amines) is 1. The molecule has 108 valence electrons. The van der Waals surface area contributed by atoms with E-state index in [1.165, 1.54) is 0 Å². The largest absolute Gasteiger partial charge is 0.386 e. The van der Waals surface area contributed by atoms with Gasteiger partial charge in [0.1, 0.15) is 5.60 Å². The normalized spacial score (nSPS) is 30.9. The van der Waals surface area contributed by atoms with Gasteiger partial charge in [-0.3, -0.25) is 4.79 Å². The van der Waals surface area contributed by atoms with Gasteiger partial charge < -0.3 is 15.3 Å². The molecule has 1 unspecified atom stereocenters. The minimum absolute atomic E-state index is 0.228. The van der Waals surface area contributed by atoms with E-state index in [9.17, 15) is 9.90 Å². The highest BCUT2D eigenvalue weighted by Crippen LogP contribution is 2.46. The Balaban J connectivity index is 1.60. The lowest BCUT2D eigenvalue weighted by molar-refractivity contribution is -0.171. The summed E-state index contributed by atoms with van der Waals surface area (Å²) < 4.78 is 0. The van der Waals surface area contributed by atoms with Gasteiger partial charge in [0.05, 0.1) is 13.1 Å². The lowest BCUT2D eigenvalue weighted by atomic mass is 9.72. The molecule has 1 amide bonds. The van der Waals surface area contributed by atoms with Gasteiger partial charge in [0, 0.05) is 5.41 Å². The summed E-state index contributed by atoms with van der Waals surface area (Å²) in [5.41, 5.74) is -0.866. The molecule has 3 aliphatic rings. The van der Waals surface area contributed by atoms with Crippen LogP contribution in [0.2, 0.25) is 0 Å². The van der Waals surface area contributed by atoms with E-state index in [0.717, 1.165) is 38.8 Å². The molecule has 1 atom stereocenters. The maximum absolute atomic E-state index is 12.7. The summed E-state index contributed by atoms with van der Waals surface area (Å²) in [4.78, 5) is 14.5. The third-order valence-electron chi connectivity index (χ3n) is 5.42. The van der Waals surface area contributed by atoms with Crippen molar-refractivity contribution in [3.05, 3.63) is 0 Å². The van der Waals surface area contributed by atoms with Gasteiger partial charge in [0.25, 0.3) is 0 Å². The monoisotopic (exact) mass is 266 g/mol. The van der Waals surface area contributed by atoms with Gasteiger partial charge in [-0.05, 0) is 50.6 Å². The zero-order valence-corrected chi connectivity index (χ0v) is 12.1. The second-order valence-electron chi connectivity index (χ2n) is 7.30. The molecule has 0 aromatic carbocycles. The fourth-order valence-corrected chi connectivity index (χ4v) is 3.69. The van der Waals surface area contributed by atoms with E-state index in [-0.39, 0.29) is 11.3 Å². The van der Waals surface area contributed by atoms with Crippen molar-refractivity contribution in [3.8, 4) is 0 Å². The number of carbonyl (C=O) groups excluding carboxylic acids is 1. The highest BCUT2D eigenvalue weighted by atomic mass is 16.3. The topological polar surface area (TPSA) is 52.6 Å². The molecule has 0 bridgehead atoms. The summed E-state index contributed by atoms with van der Waals surface area (Å²) in [6.07, 6.45) is 4.56. The molecule has 0 aromatic rings. The van der Waals surface area contributed by atoms with Gasteiger partial charge in [-0.25, -0.2) is 0 Å². The zero-order valence-electron chi connectivity index (χ0n) is 12.1. The Bertz CT molecular complexity index is 364. The Morgan fingerprint density at radius 2 is 2.00 bits per heavy atom. The Morgan fingerprint density at radius 1 is 1.32 bits per heavy atom. The molecular weight excluding hydrogens is 240 g/mol. The first-order valence-electron chi connectivity index (χ1n) is 7.66. The second kappa shape index (κ2) is 4.45. The third-order valence-corrected chi connectivity index (χ3v) is 5.42. The van der Waals surface area contributed by atoms with Crippen LogP contribution in [0.1, 0.15) is 39.5 Å². The van der Waals surface area contributed by atoms with E-state index in [1.54, 1.807) is 0 Å². The quantitative estimate of drug-likeness (QED) is 0.801. The minimum Gasteiger partial charge on any atom is -0.386 e. The molecule has 4 nitrogen and oxygen atoms in total. The Hall–Kier alpha value is -0.610. The van der Waals surface area contributed by atoms with Crippen molar-refractivity contribution < 1.29 is 9.90 Å². The van der Waals surface area contributed by atoms with Crippen LogP contribution >= 0.6 is 0 Å². The Labute approximate surface area is 115 Å². The molecule has 2 heterocycles. The van der Waals surface area contributed by atoms with Crippen LogP contribution < -0.4 is 5.32 Å². The standard InChI is InChI=1S/C15H26N2O2/c1-14(2,12-4-3-7-16-8-12)13(18)17-9-15(19,10-17)11-5-6-11/h11-12,16,19H,3-10H2,1-2H3. The average molecular weight is 266 g/mol. The summed E-state index contributed by atoms with van der Waals surface area (Å²) in [5.74, 6) is 1.10. The number of hydrogen-bond donors (Lipinski definition) is 2. The molecule has 0 radical (unpaired) electrons. The SMILES string of the molecule is CC(C)(C(=O)N1CC(O)(C2CC2)C1)C1CCCNC1. The molecule has 1 aliphatic carbocycles. The first-order valence-corrected chi connectivity index (χ1v) is 7.66. The summed E-state index contributed by atoms with van der Waals surface area (Å²) in [7, 11) is 0. The van der Waals surface area contributed by atoms with Crippen LogP contribution in [0.15, 0.2) is 0 Å². The third kappa shape index (κ3) is 2.29. The van der Waals surface area contributed by atoms with E-state index < -0.39 is 5.60 Å². The van der Waals surface area contributed by atoms with Gasteiger partial charge >= 0.3 is 0 Å². The van der Waals surface area contributed by atoms with Crippen molar-refractivity contribution in [3.63, 3.8) is 0 Å². The van der Waals surface area contributed by atoms with Gasteiger partial charge in [0.15, 0.2) is 0 Å². The molecule has 0 aromatic heterocycles. The number of nitrogens with zero attached hydrogens (tertiary/aromatic N) is 1. The van der Waals surface area contributed by atoms with Gasteiger partial charge in [-0.1, -0.05) is 13.8 Å². The number of nitrogens with one attached hydrogen (secondary N) is 1. The molecule has 1 saturated carbocycles. The maximum atomic E-state index is 12.7. The van der Waals surface area contributed by atoms with Crippen LogP contribution in [-0.4, -0.2) is 47.7 Å². The predicted octanol–water partition coefficient (Wildman–Crippen LogP) is 0.995. The lowest BCUT2D eigenvalue weighted by Crippen LogP contribution is -2.67. The van der Waals surface area contributed by atoms with E-state index in [1.807, 2.05) is 4.90 Å². The van der Waals surface area contributed by atoms with Crippen LogP contribution in [0, 0.1) is 17.3 Å². The fraction of sp³-hybridized carbons (Fsp3) is 0.933. The van der Waals surface area contributed by atoms with Crippen LogP contribution in [-0.2, 0) is 4.79 Å². The smallest absolute Gasteiger partial charge is 0.228 e. The number of hydrogen-bond acceptors (Lipinski definition) is 3. The van der Waals surface area contributed by atoms with E-state index in [4.69, 9.17) is 0 Å². The molecule has 3 fully saturated rings. The lowest BCUT2D eigenvalue weighted by Gasteiger charge is -2.50. The first-order chi connectivity index (χ1) is 8.93. The van der Waals surface area contributed by atoms with E-state index in [0.29, 0.717) is 24.9 Å². The number of aliphatic hydroxyl groups is 1. The number of amides is 1. The van der Waals surface area contributed by atoms with Crippen molar-refractivity contribution in [2.75, 3.05) is 26.2 Å². The molecule has 4 heteroatoms.